The first-order valence-electron chi connectivity index (χ1n) is 7.07. The Kier molecular flexibility index (Phi) is 8.71. The second kappa shape index (κ2) is 10.4. The van der Waals surface area contributed by atoms with Crippen LogP contribution in [-0.2, 0) is 6.54 Å². The zero-order chi connectivity index (χ0) is 14.0. The van der Waals surface area contributed by atoms with Crippen LogP contribution in [0.25, 0.3) is 11.1 Å². The fourth-order valence-corrected chi connectivity index (χ4v) is 2.06. The fourth-order valence-electron chi connectivity index (χ4n) is 2.06. The van der Waals surface area contributed by atoms with E-state index in [1.807, 2.05) is 6.07 Å². The van der Waals surface area contributed by atoms with Gasteiger partial charge in [0, 0.05) is 26.2 Å². The van der Waals surface area contributed by atoms with Crippen molar-refractivity contribution in [3.05, 3.63) is 60.2 Å². The fraction of sp³-hybridized carbons (Fsp3) is 0.294. The summed E-state index contributed by atoms with van der Waals surface area (Å²) in [6, 6.07) is 19.1. The molecule has 0 aliphatic heterocycles. The van der Waals surface area contributed by atoms with E-state index >= 15 is 0 Å². The monoisotopic (exact) mass is 306 g/mol. The molecule has 2 aromatic rings. The van der Waals surface area contributed by atoms with Gasteiger partial charge in [0.1, 0.15) is 0 Å². The number of rotatable bonds is 8. The Morgan fingerprint density at radius 2 is 1.33 bits per heavy atom. The van der Waals surface area contributed by atoms with Crippen molar-refractivity contribution in [3.8, 4) is 11.1 Å². The highest BCUT2D eigenvalue weighted by atomic mass is 35.5. The molecule has 0 bridgehead atoms. The van der Waals surface area contributed by atoms with Crippen molar-refractivity contribution in [2.24, 2.45) is 0 Å². The summed E-state index contributed by atoms with van der Waals surface area (Å²) in [4.78, 5) is 0. The number of nitrogens with one attached hydrogen (secondary N) is 2. The van der Waals surface area contributed by atoms with Crippen LogP contribution >= 0.6 is 12.4 Å². The number of hydrogen-bond donors (Lipinski definition) is 3. The second-order valence-corrected chi connectivity index (χ2v) is 4.71. The predicted molar refractivity (Wildman–Crippen MR) is 90.8 cm³/mol. The van der Waals surface area contributed by atoms with Crippen molar-refractivity contribution < 1.29 is 5.11 Å². The molecule has 0 amide bonds. The molecule has 0 aliphatic rings. The van der Waals surface area contributed by atoms with Crippen LogP contribution in [0.2, 0.25) is 0 Å². The molecule has 0 heterocycles. The zero-order valence-electron chi connectivity index (χ0n) is 12.1. The Hall–Kier alpha value is -1.39. The van der Waals surface area contributed by atoms with Crippen LogP contribution in [0.3, 0.4) is 0 Å². The molecule has 0 radical (unpaired) electrons. The van der Waals surface area contributed by atoms with Gasteiger partial charge in [0.25, 0.3) is 0 Å². The summed E-state index contributed by atoms with van der Waals surface area (Å²) in [5, 5.41) is 15.2. The minimum Gasteiger partial charge on any atom is -0.395 e. The van der Waals surface area contributed by atoms with Gasteiger partial charge in [-0.05, 0) is 16.7 Å². The highest BCUT2D eigenvalue weighted by Crippen LogP contribution is 2.18. The molecule has 0 aromatic heterocycles. The van der Waals surface area contributed by atoms with Crippen LogP contribution in [0, 0.1) is 0 Å². The summed E-state index contributed by atoms with van der Waals surface area (Å²) in [5.74, 6) is 0. The number of hydrogen-bond acceptors (Lipinski definition) is 3. The third-order valence-electron chi connectivity index (χ3n) is 3.16. The first-order valence-corrected chi connectivity index (χ1v) is 7.07. The Bertz CT molecular complexity index is 488. The van der Waals surface area contributed by atoms with Crippen molar-refractivity contribution in [2.75, 3.05) is 26.2 Å². The normalized spacial score (nSPS) is 10.1. The van der Waals surface area contributed by atoms with Crippen molar-refractivity contribution in [3.63, 3.8) is 0 Å². The topological polar surface area (TPSA) is 44.3 Å². The SMILES string of the molecule is Cl.OCCNCCNCc1ccc(-c2ccccc2)cc1. The van der Waals surface area contributed by atoms with E-state index in [0.717, 1.165) is 19.6 Å². The van der Waals surface area contributed by atoms with E-state index in [1.54, 1.807) is 0 Å². The maximum atomic E-state index is 8.64. The van der Waals surface area contributed by atoms with Gasteiger partial charge < -0.3 is 15.7 Å². The molecule has 4 heteroatoms. The van der Waals surface area contributed by atoms with E-state index in [4.69, 9.17) is 5.11 Å². The molecule has 21 heavy (non-hydrogen) atoms. The largest absolute Gasteiger partial charge is 0.395 e. The molecule has 0 unspecified atom stereocenters. The van der Waals surface area contributed by atoms with Gasteiger partial charge in [-0.15, -0.1) is 12.4 Å². The van der Waals surface area contributed by atoms with Crippen LogP contribution in [0.4, 0.5) is 0 Å². The lowest BCUT2D eigenvalue weighted by atomic mass is 10.0. The molecular formula is C17H23ClN2O. The molecule has 0 saturated heterocycles. The van der Waals surface area contributed by atoms with E-state index in [2.05, 4.69) is 59.2 Å². The Morgan fingerprint density at radius 1 is 0.714 bits per heavy atom. The van der Waals surface area contributed by atoms with Gasteiger partial charge in [0.2, 0.25) is 0 Å². The second-order valence-electron chi connectivity index (χ2n) is 4.71. The van der Waals surface area contributed by atoms with Gasteiger partial charge in [-0.1, -0.05) is 54.6 Å². The molecule has 0 atom stereocenters. The molecular weight excluding hydrogens is 284 g/mol. The van der Waals surface area contributed by atoms with E-state index in [0.29, 0.717) is 6.54 Å². The third kappa shape index (κ3) is 6.27. The van der Waals surface area contributed by atoms with Crippen molar-refractivity contribution in [1.29, 1.82) is 0 Å². The highest BCUT2D eigenvalue weighted by Gasteiger charge is 1.97. The summed E-state index contributed by atoms with van der Waals surface area (Å²) in [6.45, 7) is 3.51. The van der Waals surface area contributed by atoms with Crippen LogP contribution in [-0.4, -0.2) is 31.3 Å². The lowest BCUT2D eigenvalue weighted by Crippen LogP contribution is -2.28. The van der Waals surface area contributed by atoms with E-state index in [-0.39, 0.29) is 19.0 Å². The summed E-state index contributed by atoms with van der Waals surface area (Å²) in [5.41, 5.74) is 3.78. The first-order chi connectivity index (χ1) is 9.90. The number of halogens is 1. The number of benzene rings is 2. The molecule has 3 nitrogen and oxygen atoms in total. The average molecular weight is 307 g/mol. The quantitative estimate of drug-likeness (QED) is 0.656. The summed E-state index contributed by atoms with van der Waals surface area (Å²) < 4.78 is 0. The predicted octanol–water partition coefficient (Wildman–Crippen LogP) is 2.45. The Morgan fingerprint density at radius 3 is 2.00 bits per heavy atom. The molecule has 3 N–H and O–H groups in total. The summed E-state index contributed by atoms with van der Waals surface area (Å²) in [6.07, 6.45) is 0. The van der Waals surface area contributed by atoms with E-state index in [1.165, 1.54) is 16.7 Å². The molecule has 0 fully saturated rings. The highest BCUT2D eigenvalue weighted by molar-refractivity contribution is 5.85. The van der Waals surface area contributed by atoms with Gasteiger partial charge in [-0.2, -0.15) is 0 Å². The molecule has 0 saturated carbocycles. The van der Waals surface area contributed by atoms with Gasteiger partial charge in [-0.3, -0.25) is 0 Å². The molecule has 0 spiro atoms. The molecule has 2 rings (SSSR count). The number of aliphatic hydroxyl groups excluding tert-OH is 1. The third-order valence-corrected chi connectivity index (χ3v) is 3.16. The van der Waals surface area contributed by atoms with Gasteiger partial charge in [0.15, 0.2) is 0 Å². The maximum absolute atomic E-state index is 8.64. The molecule has 2 aromatic carbocycles. The van der Waals surface area contributed by atoms with E-state index in [9.17, 15) is 0 Å². The lowest BCUT2D eigenvalue weighted by Gasteiger charge is -2.07. The lowest BCUT2D eigenvalue weighted by molar-refractivity contribution is 0.292. The summed E-state index contributed by atoms with van der Waals surface area (Å²) >= 11 is 0. The van der Waals surface area contributed by atoms with Crippen molar-refractivity contribution >= 4 is 12.4 Å². The van der Waals surface area contributed by atoms with Gasteiger partial charge in [0.05, 0.1) is 6.61 Å². The van der Waals surface area contributed by atoms with Crippen molar-refractivity contribution in [1.82, 2.24) is 10.6 Å². The smallest absolute Gasteiger partial charge is 0.0555 e. The van der Waals surface area contributed by atoms with Crippen molar-refractivity contribution in [2.45, 2.75) is 6.54 Å². The Labute approximate surface area is 132 Å². The molecule has 114 valence electrons. The Balaban J connectivity index is 0.00000220. The standard InChI is InChI=1S/C17H22N2O.ClH/c20-13-12-18-10-11-19-14-15-6-8-17(9-7-15)16-4-2-1-3-5-16;/h1-9,18-20H,10-14H2;1H. The first kappa shape index (κ1) is 17.7. The van der Waals surface area contributed by atoms with E-state index < -0.39 is 0 Å². The van der Waals surface area contributed by atoms with Crippen LogP contribution in [0.5, 0.6) is 0 Å². The van der Waals surface area contributed by atoms with Crippen LogP contribution in [0.1, 0.15) is 5.56 Å². The number of aliphatic hydroxyl groups is 1. The van der Waals surface area contributed by atoms with Gasteiger partial charge >= 0.3 is 0 Å². The summed E-state index contributed by atoms with van der Waals surface area (Å²) in [7, 11) is 0. The van der Waals surface area contributed by atoms with Gasteiger partial charge in [-0.25, -0.2) is 0 Å². The molecule has 0 aliphatic carbocycles. The minimum atomic E-state index is 0. The zero-order valence-corrected chi connectivity index (χ0v) is 12.9. The maximum Gasteiger partial charge on any atom is 0.0555 e. The van der Waals surface area contributed by atoms with Crippen LogP contribution in [0.15, 0.2) is 54.6 Å². The van der Waals surface area contributed by atoms with Crippen LogP contribution < -0.4 is 10.6 Å². The minimum absolute atomic E-state index is 0. The average Bonchev–Trinajstić information content (AvgIpc) is 2.52.